The van der Waals surface area contributed by atoms with Gasteiger partial charge < -0.3 is 23.7 Å². The standard InChI is InChI=1S/C22H25F3N2O6S.C19H17F6NO8S2/c1-31-21(28)20(26-11-13-32-14-12-26)15-27(34(2,29)30)17-5-9-19(10-6-17)33-18-7-3-16(4-8-18)22(23,24)25;1-32-17(27)16(34-36(30,31)19(23,24)25)11-26(35(2,28)29)13-5-9-15(10-6-13)33-14-7-3-12(4-8-14)18(20,21)22/h3-10,20H,11-15H2,1-2H3;3-10,16H,11H2,1-2H3/t20-;16-/m01/s1. The molecule has 0 spiro atoms. The second-order valence-corrected chi connectivity index (χ2v) is 19.9. The molecular weight excluding hydrogens is 1030 g/mol. The average molecular weight is 1070 g/mol. The van der Waals surface area contributed by atoms with Gasteiger partial charge in [0, 0.05) is 13.1 Å². The average Bonchev–Trinajstić information content (AvgIpc) is 3.27. The molecule has 5 rings (SSSR count). The third kappa shape index (κ3) is 16.1. The zero-order chi connectivity index (χ0) is 52.5. The minimum atomic E-state index is -6.29. The van der Waals surface area contributed by atoms with Crippen LogP contribution in [-0.4, -0.2) is 126 Å². The van der Waals surface area contributed by atoms with Gasteiger partial charge in [-0.15, -0.1) is 0 Å². The summed E-state index contributed by atoms with van der Waals surface area (Å²) in [6.07, 6.45) is -9.85. The largest absolute Gasteiger partial charge is 0.523 e. The van der Waals surface area contributed by atoms with Crippen molar-refractivity contribution in [2.75, 3.05) is 74.7 Å². The van der Waals surface area contributed by atoms with Crippen LogP contribution in [0.2, 0.25) is 0 Å². The Morgan fingerprint density at radius 3 is 1.23 bits per heavy atom. The number of anilines is 2. The van der Waals surface area contributed by atoms with Gasteiger partial charge in [0.1, 0.15) is 29.0 Å². The van der Waals surface area contributed by atoms with Gasteiger partial charge in [-0.05, 0) is 97.1 Å². The van der Waals surface area contributed by atoms with E-state index in [-0.39, 0.29) is 29.5 Å². The zero-order valence-electron chi connectivity index (χ0n) is 36.8. The van der Waals surface area contributed by atoms with Crippen LogP contribution in [0.15, 0.2) is 97.1 Å². The summed E-state index contributed by atoms with van der Waals surface area (Å²) in [6, 6.07) is 17.5. The first-order valence-corrected chi connectivity index (χ1v) is 24.8. The lowest BCUT2D eigenvalue weighted by Crippen LogP contribution is -2.53. The van der Waals surface area contributed by atoms with Crippen LogP contribution >= 0.6 is 0 Å². The normalized spacial score (nSPS) is 14.8. The molecule has 4 aromatic carbocycles. The smallest absolute Gasteiger partial charge is 0.468 e. The molecule has 0 bridgehead atoms. The Morgan fingerprint density at radius 2 is 0.914 bits per heavy atom. The molecule has 1 aliphatic rings. The van der Waals surface area contributed by atoms with Crippen LogP contribution in [-0.2, 0) is 70.5 Å². The van der Waals surface area contributed by atoms with Crippen molar-refractivity contribution in [1.82, 2.24) is 4.90 Å². The molecule has 4 aromatic rings. The summed E-state index contributed by atoms with van der Waals surface area (Å²) >= 11 is 0. The maximum atomic E-state index is 12.7. The highest BCUT2D eigenvalue weighted by molar-refractivity contribution is 7.92. The molecule has 1 saturated heterocycles. The quantitative estimate of drug-likeness (QED) is 0.0462. The van der Waals surface area contributed by atoms with Crippen LogP contribution in [0.4, 0.5) is 50.9 Å². The van der Waals surface area contributed by atoms with Gasteiger partial charge in [0.05, 0.1) is 75.5 Å². The summed E-state index contributed by atoms with van der Waals surface area (Å²) in [5.41, 5.74) is -7.54. The van der Waals surface area contributed by atoms with Crippen LogP contribution in [0.25, 0.3) is 0 Å². The van der Waals surface area contributed by atoms with Gasteiger partial charge in [-0.3, -0.25) is 18.3 Å². The summed E-state index contributed by atoms with van der Waals surface area (Å²) in [4.78, 5) is 26.1. The first kappa shape index (κ1) is 56.7. The maximum Gasteiger partial charge on any atom is 0.523 e. The van der Waals surface area contributed by atoms with Gasteiger partial charge >= 0.3 is 39.9 Å². The van der Waals surface area contributed by atoms with Crippen LogP contribution in [0.5, 0.6) is 23.0 Å². The van der Waals surface area contributed by atoms with Crippen molar-refractivity contribution >= 4 is 53.5 Å². The number of morpholine rings is 1. The summed E-state index contributed by atoms with van der Waals surface area (Å²) in [5, 5.41) is 0. The van der Waals surface area contributed by atoms with E-state index in [4.69, 9.17) is 18.9 Å². The van der Waals surface area contributed by atoms with Gasteiger partial charge in [0.15, 0.2) is 6.10 Å². The highest BCUT2D eigenvalue weighted by atomic mass is 32.2. The number of alkyl halides is 9. The molecule has 0 N–H and O–H groups in total. The second-order valence-electron chi connectivity index (χ2n) is 14.5. The molecule has 70 heavy (non-hydrogen) atoms. The van der Waals surface area contributed by atoms with E-state index in [9.17, 15) is 74.4 Å². The van der Waals surface area contributed by atoms with Crippen molar-refractivity contribution in [3.05, 3.63) is 108 Å². The van der Waals surface area contributed by atoms with Crippen molar-refractivity contribution in [2.24, 2.45) is 0 Å². The predicted octanol–water partition coefficient (Wildman–Crippen LogP) is 6.81. The molecule has 0 aromatic heterocycles. The maximum absolute atomic E-state index is 12.7. The Balaban J connectivity index is 0.000000305. The van der Waals surface area contributed by atoms with E-state index in [1.54, 1.807) is 0 Å². The first-order valence-electron chi connectivity index (χ1n) is 19.7. The van der Waals surface area contributed by atoms with Crippen LogP contribution in [0.1, 0.15) is 11.1 Å². The number of hydrogen-bond acceptors (Lipinski definition) is 15. The van der Waals surface area contributed by atoms with Crippen molar-refractivity contribution in [3.8, 4) is 23.0 Å². The van der Waals surface area contributed by atoms with Gasteiger partial charge in [0.25, 0.3) is 0 Å². The number of benzene rings is 4. The molecular formula is C41H42F9N3O14S3. The topological polar surface area (TPSA) is 202 Å². The van der Waals surface area contributed by atoms with Crippen molar-refractivity contribution in [1.29, 1.82) is 0 Å². The highest BCUT2D eigenvalue weighted by Crippen LogP contribution is 2.34. The molecule has 386 valence electrons. The molecule has 0 saturated carbocycles. The molecule has 1 fully saturated rings. The van der Waals surface area contributed by atoms with Crippen LogP contribution in [0.3, 0.4) is 0 Å². The molecule has 0 unspecified atom stereocenters. The number of sulfonamides is 2. The third-order valence-corrected chi connectivity index (χ3v) is 12.9. The minimum Gasteiger partial charge on any atom is -0.468 e. The fraction of sp³-hybridized carbons (Fsp3) is 0.366. The summed E-state index contributed by atoms with van der Waals surface area (Å²) in [5.74, 6) is -1.62. The number of hydrogen-bond donors (Lipinski definition) is 0. The Labute approximate surface area is 395 Å². The van der Waals surface area contributed by atoms with E-state index < -0.39 is 89.8 Å². The van der Waals surface area contributed by atoms with E-state index in [1.165, 1.54) is 55.6 Å². The summed E-state index contributed by atoms with van der Waals surface area (Å²) in [6.45, 7) is 0.379. The van der Waals surface area contributed by atoms with E-state index in [0.717, 1.165) is 66.2 Å². The molecule has 29 heteroatoms. The van der Waals surface area contributed by atoms with Gasteiger partial charge in [-0.2, -0.15) is 47.9 Å². The number of esters is 2. The lowest BCUT2D eigenvalue weighted by atomic mass is 10.2. The van der Waals surface area contributed by atoms with Crippen LogP contribution < -0.4 is 18.1 Å². The number of carbonyl (C=O) groups is 2. The summed E-state index contributed by atoms with van der Waals surface area (Å²) in [7, 11) is -12.4. The molecule has 1 aliphatic heterocycles. The Morgan fingerprint density at radius 1 is 0.571 bits per heavy atom. The molecule has 17 nitrogen and oxygen atoms in total. The van der Waals surface area contributed by atoms with Gasteiger partial charge in [-0.25, -0.2) is 25.8 Å². The lowest BCUT2D eigenvalue weighted by molar-refractivity contribution is -0.149. The van der Waals surface area contributed by atoms with Crippen molar-refractivity contribution in [3.63, 3.8) is 0 Å². The van der Waals surface area contributed by atoms with E-state index in [1.807, 2.05) is 4.90 Å². The minimum absolute atomic E-state index is 0.00670. The zero-order valence-corrected chi connectivity index (χ0v) is 39.3. The Bertz CT molecular complexity index is 2720. The fourth-order valence-corrected chi connectivity index (χ4v) is 8.46. The van der Waals surface area contributed by atoms with Crippen molar-refractivity contribution in [2.45, 2.75) is 30.0 Å². The number of nitrogens with zero attached hydrogens (tertiary/aromatic N) is 3. The highest BCUT2D eigenvalue weighted by Gasteiger charge is 2.50. The number of rotatable bonds is 17. The summed E-state index contributed by atoms with van der Waals surface area (Å²) < 4.78 is 217. The van der Waals surface area contributed by atoms with Gasteiger partial charge in [0.2, 0.25) is 20.0 Å². The number of halogens is 9. The van der Waals surface area contributed by atoms with Crippen LogP contribution in [0, 0.1) is 0 Å². The fourth-order valence-electron chi connectivity index (χ4n) is 6.08. The molecule has 1 heterocycles. The van der Waals surface area contributed by atoms with E-state index in [0.29, 0.717) is 48.3 Å². The van der Waals surface area contributed by atoms with E-state index >= 15 is 0 Å². The molecule has 2 atom stereocenters. The first-order chi connectivity index (χ1) is 32.3. The van der Waals surface area contributed by atoms with E-state index in [2.05, 4.69) is 8.92 Å². The molecule has 0 radical (unpaired) electrons. The number of ether oxygens (including phenoxy) is 5. The lowest BCUT2D eigenvalue weighted by Gasteiger charge is -2.35. The number of carbonyl (C=O) groups excluding carboxylic acids is 2. The molecule has 0 aliphatic carbocycles. The third-order valence-electron chi connectivity index (χ3n) is 9.51. The monoisotopic (exact) mass is 1070 g/mol. The second kappa shape index (κ2) is 22.9. The SMILES string of the molecule is COC(=O)[C@@H](CN(c1ccc(Oc2ccc(C(F)(F)F)cc2)cc1)S(C)(=O)=O)OS(=O)(=O)C(F)(F)F.COC(=O)[C@H](CN(c1ccc(Oc2ccc(C(F)(F)F)cc2)cc1)S(C)(=O)=O)N1CCOCC1. The predicted molar refractivity (Wildman–Crippen MR) is 230 cm³/mol. The Kier molecular flexibility index (Phi) is 18.6. The van der Waals surface area contributed by atoms with Gasteiger partial charge in [-0.1, -0.05) is 0 Å². The van der Waals surface area contributed by atoms with Crippen molar-refractivity contribution < 1.29 is 102 Å². The number of methoxy groups -OCH3 is 2. The molecule has 0 amide bonds. The Hall–Kier alpha value is -5.88.